The van der Waals surface area contributed by atoms with E-state index in [1.165, 1.54) is 24.9 Å². The zero-order chi connectivity index (χ0) is 21.6. The van der Waals surface area contributed by atoms with Crippen LogP contribution in [0.2, 0.25) is 5.02 Å². The fraction of sp³-hybridized carbons (Fsp3) is 0.296. The molecule has 0 atom stereocenters. The Bertz CT molecular complexity index is 993. The average molecular weight is 433 g/mol. The summed E-state index contributed by atoms with van der Waals surface area (Å²) < 4.78 is 0. The Balaban J connectivity index is 1.23. The van der Waals surface area contributed by atoms with Crippen molar-refractivity contribution in [3.8, 4) is 11.1 Å². The van der Waals surface area contributed by atoms with E-state index < -0.39 is 0 Å². The standard InChI is InChI=1S/C27H29ClN2O/c1-30(18-21-2-3-21)19-22-6-15-26(16-7-22)29-27(31)17-8-20-4-9-23(10-5-20)24-11-13-25(28)14-12-24/h4-7,9-16,21H,2-3,8,17-19H2,1H3,(H,29,31). The molecule has 0 aliphatic heterocycles. The van der Waals surface area contributed by atoms with Crippen LogP contribution in [-0.2, 0) is 17.8 Å². The third kappa shape index (κ3) is 6.68. The van der Waals surface area contributed by atoms with E-state index in [-0.39, 0.29) is 5.91 Å². The van der Waals surface area contributed by atoms with Gasteiger partial charge in [-0.3, -0.25) is 4.79 Å². The van der Waals surface area contributed by atoms with Gasteiger partial charge in [-0.1, -0.05) is 60.1 Å². The minimum absolute atomic E-state index is 0.0420. The second-order valence-corrected chi connectivity index (χ2v) is 9.03. The molecule has 31 heavy (non-hydrogen) atoms. The summed E-state index contributed by atoms with van der Waals surface area (Å²) in [6.07, 6.45) is 3.94. The molecule has 3 aromatic rings. The lowest BCUT2D eigenvalue weighted by atomic mass is 10.0. The van der Waals surface area contributed by atoms with E-state index in [2.05, 4.69) is 53.7 Å². The number of carbonyl (C=O) groups excluding carboxylic acids is 1. The largest absolute Gasteiger partial charge is 0.326 e. The molecule has 1 amide bonds. The maximum atomic E-state index is 12.4. The number of rotatable bonds is 9. The normalized spacial score (nSPS) is 13.4. The Morgan fingerprint density at radius 1 is 0.903 bits per heavy atom. The molecule has 0 unspecified atom stereocenters. The highest BCUT2D eigenvalue weighted by Crippen LogP contribution is 2.29. The van der Waals surface area contributed by atoms with Crippen LogP contribution in [0.4, 0.5) is 5.69 Å². The molecule has 1 aliphatic rings. The van der Waals surface area contributed by atoms with Crippen molar-refractivity contribution in [2.24, 2.45) is 5.92 Å². The van der Waals surface area contributed by atoms with E-state index >= 15 is 0 Å². The monoisotopic (exact) mass is 432 g/mol. The molecule has 1 fully saturated rings. The lowest BCUT2D eigenvalue weighted by molar-refractivity contribution is -0.116. The summed E-state index contributed by atoms with van der Waals surface area (Å²) in [6.45, 7) is 2.13. The van der Waals surface area contributed by atoms with Gasteiger partial charge in [0.2, 0.25) is 5.91 Å². The van der Waals surface area contributed by atoms with Crippen LogP contribution < -0.4 is 5.32 Å². The number of carbonyl (C=O) groups is 1. The Labute approximate surface area is 190 Å². The summed E-state index contributed by atoms with van der Waals surface area (Å²) >= 11 is 5.96. The Hall–Kier alpha value is -2.62. The van der Waals surface area contributed by atoms with Gasteiger partial charge in [0.25, 0.3) is 0 Å². The van der Waals surface area contributed by atoms with Crippen molar-refractivity contribution >= 4 is 23.2 Å². The highest BCUT2D eigenvalue weighted by Gasteiger charge is 2.22. The van der Waals surface area contributed by atoms with Crippen molar-refractivity contribution in [1.82, 2.24) is 4.90 Å². The first-order valence-corrected chi connectivity index (χ1v) is 11.4. The number of anilines is 1. The Morgan fingerprint density at radius 2 is 1.48 bits per heavy atom. The van der Waals surface area contributed by atoms with Crippen molar-refractivity contribution in [2.45, 2.75) is 32.2 Å². The molecule has 0 radical (unpaired) electrons. The molecule has 0 heterocycles. The first-order valence-electron chi connectivity index (χ1n) is 11.0. The van der Waals surface area contributed by atoms with E-state index in [0.29, 0.717) is 6.42 Å². The number of aryl methyl sites for hydroxylation is 1. The molecule has 3 nitrogen and oxygen atoms in total. The van der Waals surface area contributed by atoms with E-state index in [0.717, 1.165) is 46.3 Å². The molecular weight excluding hydrogens is 404 g/mol. The van der Waals surface area contributed by atoms with Crippen molar-refractivity contribution in [3.63, 3.8) is 0 Å². The van der Waals surface area contributed by atoms with Gasteiger partial charge in [0.15, 0.2) is 0 Å². The third-order valence-corrected chi connectivity index (χ3v) is 5.98. The highest BCUT2D eigenvalue weighted by atomic mass is 35.5. The predicted molar refractivity (Wildman–Crippen MR) is 129 cm³/mol. The van der Waals surface area contributed by atoms with Gasteiger partial charge in [0, 0.05) is 30.2 Å². The lowest BCUT2D eigenvalue weighted by Gasteiger charge is -2.16. The second-order valence-electron chi connectivity index (χ2n) is 8.59. The van der Waals surface area contributed by atoms with Gasteiger partial charge in [-0.25, -0.2) is 0 Å². The molecule has 0 aromatic heterocycles. The smallest absolute Gasteiger partial charge is 0.224 e. The predicted octanol–water partition coefficient (Wildman–Crippen LogP) is 6.42. The molecule has 0 bridgehead atoms. The molecular formula is C27H29ClN2O. The summed E-state index contributed by atoms with van der Waals surface area (Å²) in [4.78, 5) is 14.7. The molecule has 0 saturated heterocycles. The number of hydrogen-bond acceptors (Lipinski definition) is 2. The number of halogens is 1. The highest BCUT2D eigenvalue weighted by molar-refractivity contribution is 6.30. The fourth-order valence-corrected chi connectivity index (χ4v) is 3.92. The van der Waals surface area contributed by atoms with Crippen LogP contribution >= 0.6 is 11.6 Å². The molecule has 0 spiro atoms. The number of nitrogens with zero attached hydrogens (tertiary/aromatic N) is 1. The molecule has 4 rings (SSSR count). The van der Waals surface area contributed by atoms with Gasteiger partial charge >= 0.3 is 0 Å². The summed E-state index contributed by atoms with van der Waals surface area (Å²) in [5.41, 5.74) is 5.57. The second kappa shape index (κ2) is 10.1. The van der Waals surface area contributed by atoms with E-state index in [9.17, 15) is 4.79 Å². The van der Waals surface area contributed by atoms with Crippen molar-refractivity contribution in [2.75, 3.05) is 18.9 Å². The Kier molecular flexibility index (Phi) is 7.06. The van der Waals surface area contributed by atoms with Gasteiger partial charge in [0.05, 0.1) is 0 Å². The molecule has 1 aliphatic carbocycles. The van der Waals surface area contributed by atoms with Crippen LogP contribution in [0, 0.1) is 5.92 Å². The van der Waals surface area contributed by atoms with Crippen LogP contribution in [0.25, 0.3) is 11.1 Å². The van der Waals surface area contributed by atoms with Crippen molar-refractivity contribution in [3.05, 3.63) is 88.9 Å². The van der Waals surface area contributed by atoms with Crippen LogP contribution in [0.5, 0.6) is 0 Å². The number of amides is 1. The molecule has 3 aromatic carbocycles. The van der Waals surface area contributed by atoms with Gasteiger partial charge in [-0.2, -0.15) is 0 Å². The topological polar surface area (TPSA) is 32.3 Å². The maximum absolute atomic E-state index is 12.4. The SMILES string of the molecule is CN(Cc1ccc(NC(=O)CCc2ccc(-c3ccc(Cl)cc3)cc2)cc1)CC1CC1. The van der Waals surface area contributed by atoms with E-state index in [4.69, 9.17) is 11.6 Å². The molecule has 1 N–H and O–H groups in total. The summed E-state index contributed by atoms with van der Waals surface area (Å²) in [5.74, 6) is 0.942. The van der Waals surface area contributed by atoms with Crippen LogP contribution in [0.15, 0.2) is 72.8 Å². The lowest BCUT2D eigenvalue weighted by Crippen LogP contribution is -2.20. The molecule has 160 valence electrons. The van der Waals surface area contributed by atoms with Crippen LogP contribution in [0.1, 0.15) is 30.4 Å². The number of hydrogen-bond donors (Lipinski definition) is 1. The quantitative estimate of drug-likeness (QED) is 0.423. The zero-order valence-electron chi connectivity index (χ0n) is 18.0. The summed E-state index contributed by atoms with van der Waals surface area (Å²) in [6, 6.07) is 24.4. The van der Waals surface area contributed by atoms with Crippen LogP contribution in [0.3, 0.4) is 0 Å². The summed E-state index contributed by atoms with van der Waals surface area (Å²) in [7, 11) is 2.18. The van der Waals surface area contributed by atoms with Crippen LogP contribution in [-0.4, -0.2) is 24.4 Å². The van der Waals surface area contributed by atoms with Crippen molar-refractivity contribution < 1.29 is 4.79 Å². The van der Waals surface area contributed by atoms with E-state index in [1.54, 1.807) is 0 Å². The minimum Gasteiger partial charge on any atom is -0.326 e. The van der Waals surface area contributed by atoms with Gasteiger partial charge in [-0.15, -0.1) is 0 Å². The molecule has 4 heteroatoms. The van der Waals surface area contributed by atoms with Gasteiger partial charge < -0.3 is 10.2 Å². The minimum atomic E-state index is 0.0420. The van der Waals surface area contributed by atoms with Gasteiger partial charge in [-0.05, 0) is 78.7 Å². The maximum Gasteiger partial charge on any atom is 0.224 e. The average Bonchev–Trinajstić information content (AvgIpc) is 3.58. The summed E-state index contributed by atoms with van der Waals surface area (Å²) in [5, 5.41) is 3.75. The number of benzene rings is 3. The zero-order valence-corrected chi connectivity index (χ0v) is 18.7. The molecule has 1 saturated carbocycles. The third-order valence-electron chi connectivity index (χ3n) is 5.73. The first-order chi connectivity index (χ1) is 15.0. The van der Waals surface area contributed by atoms with Gasteiger partial charge in [0.1, 0.15) is 0 Å². The van der Waals surface area contributed by atoms with E-state index in [1.807, 2.05) is 36.4 Å². The first kappa shape index (κ1) is 21.6. The van der Waals surface area contributed by atoms with Crippen molar-refractivity contribution in [1.29, 1.82) is 0 Å². The number of nitrogens with one attached hydrogen (secondary N) is 1. The Morgan fingerprint density at radius 3 is 2.10 bits per heavy atom. The fourth-order valence-electron chi connectivity index (χ4n) is 3.80.